The molecular weight excluding hydrogens is 318 g/mol. The van der Waals surface area contributed by atoms with Gasteiger partial charge in [0.1, 0.15) is 24.4 Å². The lowest BCUT2D eigenvalue weighted by molar-refractivity contribution is -0.135. The van der Waals surface area contributed by atoms with E-state index in [1.165, 1.54) is 18.5 Å². The highest BCUT2D eigenvalue weighted by molar-refractivity contribution is 6.02. The number of amides is 1. The maximum Gasteiger partial charge on any atom is 0.322 e. The largest absolute Gasteiger partial charge is 0.506 e. The first-order valence-electron chi connectivity index (χ1n) is 7.34. The monoisotopic (exact) mass is 333 g/mol. The second-order valence-electron chi connectivity index (χ2n) is 5.53. The van der Waals surface area contributed by atoms with Crippen molar-refractivity contribution >= 4 is 22.8 Å². The molecule has 0 aliphatic heterocycles. The molecule has 2 aromatic heterocycles. The number of carbonyl (C=O) groups excluding carboxylic acids is 1. The fourth-order valence-corrected chi connectivity index (χ4v) is 2.24. The second-order valence-corrected chi connectivity index (χ2v) is 5.53. The third-order valence-corrected chi connectivity index (χ3v) is 3.67. The van der Waals surface area contributed by atoms with E-state index < -0.39 is 35.3 Å². The minimum atomic E-state index is -1.27. The number of carboxylic acids is 1. The van der Waals surface area contributed by atoms with Crippen LogP contribution in [-0.4, -0.2) is 45.0 Å². The van der Waals surface area contributed by atoms with Gasteiger partial charge in [-0.3, -0.25) is 19.4 Å². The van der Waals surface area contributed by atoms with E-state index in [4.69, 9.17) is 9.94 Å². The Bertz CT molecular complexity index is 871. The molecule has 0 spiro atoms. The van der Waals surface area contributed by atoms with Crippen LogP contribution in [0.1, 0.15) is 23.2 Å². The highest BCUT2D eigenvalue weighted by Crippen LogP contribution is 2.29. The highest BCUT2D eigenvalue weighted by atomic mass is 16.7. The van der Waals surface area contributed by atoms with Crippen LogP contribution < -0.4 is 15.7 Å². The lowest BCUT2D eigenvalue weighted by Gasteiger charge is -2.14. The summed E-state index contributed by atoms with van der Waals surface area (Å²) >= 11 is 0. The number of carbonyl (C=O) groups is 2. The Labute approximate surface area is 135 Å². The van der Waals surface area contributed by atoms with Crippen LogP contribution in [0.3, 0.4) is 0 Å². The molecule has 3 N–H and O–H groups in total. The van der Waals surface area contributed by atoms with Gasteiger partial charge in [-0.15, -0.1) is 4.73 Å². The molecule has 0 bridgehead atoms. The van der Waals surface area contributed by atoms with Gasteiger partial charge in [-0.25, -0.2) is 0 Å². The summed E-state index contributed by atoms with van der Waals surface area (Å²) in [5, 5.41) is 21.2. The molecule has 126 valence electrons. The smallest absolute Gasteiger partial charge is 0.322 e. The fraction of sp³-hybridized carbons (Fsp3) is 0.333. The number of aromatic nitrogens is 2. The summed E-state index contributed by atoms with van der Waals surface area (Å²) in [7, 11) is 0. The number of carboxylic acid groups (broad SMARTS) is 1. The molecule has 0 radical (unpaired) electrons. The molecule has 2 heterocycles. The SMILES string of the molecule is O=C(O)CNC(=O)c1c(O)c2ccncc2n(OCC2CC2)c1=O. The lowest BCUT2D eigenvalue weighted by atomic mass is 10.1. The van der Waals surface area contributed by atoms with E-state index in [1.54, 1.807) is 0 Å². The summed E-state index contributed by atoms with van der Waals surface area (Å²) < 4.78 is 0.927. The van der Waals surface area contributed by atoms with E-state index in [9.17, 15) is 19.5 Å². The minimum Gasteiger partial charge on any atom is -0.506 e. The topological polar surface area (TPSA) is 131 Å². The van der Waals surface area contributed by atoms with Crippen LogP contribution in [0.4, 0.5) is 0 Å². The zero-order valence-corrected chi connectivity index (χ0v) is 12.6. The Hall–Kier alpha value is -3.10. The van der Waals surface area contributed by atoms with Crippen molar-refractivity contribution in [3.63, 3.8) is 0 Å². The van der Waals surface area contributed by atoms with E-state index >= 15 is 0 Å². The minimum absolute atomic E-state index is 0.209. The van der Waals surface area contributed by atoms with Gasteiger partial charge in [0.2, 0.25) is 0 Å². The molecule has 1 saturated carbocycles. The van der Waals surface area contributed by atoms with Gasteiger partial charge in [-0.1, -0.05) is 0 Å². The quantitative estimate of drug-likeness (QED) is 0.664. The number of rotatable bonds is 6. The molecule has 9 heteroatoms. The molecule has 3 rings (SSSR count). The summed E-state index contributed by atoms with van der Waals surface area (Å²) in [5.41, 5.74) is -1.20. The molecule has 1 fully saturated rings. The molecule has 24 heavy (non-hydrogen) atoms. The summed E-state index contributed by atoms with van der Waals surface area (Å²) in [6.45, 7) is -0.361. The number of pyridine rings is 2. The van der Waals surface area contributed by atoms with Crippen LogP contribution >= 0.6 is 0 Å². The zero-order valence-electron chi connectivity index (χ0n) is 12.6. The zero-order chi connectivity index (χ0) is 17.3. The highest BCUT2D eigenvalue weighted by Gasteiger charge is 2.26. The summed E-state index contributed by atoms with van der Waals surface area (Å²) in [5.74, 6) is -2.42. The van der Waals surface area contributed by atoms with Crippen molar-refractivity contribution in [2.45, 2.75) is 12.8 Å². The van der Waals surface area contributed by atoms with Crippen LogP contribution in [0.25, 0.3) is 10.9 Å². The Morgan fingerprint density at radius 1 is 1.42 bits per heavy atom. The summed E-state index contributed by atoms with van der Waals surface area (Å²) in [4.78, 5) is 44.7. The predicted octanol–water partition coefficient (Wildman–Crippen LogP) is -0.245. The third-order valence-electron chi connectivity index (χ3n) is 3.67. The Kier molecular flexibility index (Phi) is 4.07. The lowest BCUT2D eigenvalue weighted by Crippen LogP contribution is -2.38. The first-order chi connectivity index (χ1) is 11.5. The summed E-state index contributed by atoms with van der Waals surface area (Å²) in [6, 6.07) is 1.44. The first-order valence-corrected chi connectivity index (χ1v) is 7.34. The number of hydrogen-bond donors (Lipinski definition) is 3. The number of aromatic hydroxyl groups is 1. The molecule has 9 nitrogen and oxygen atoms in total. The van der Waals surface area contributed by atoms with Crippen LogP contribution in [-0.2, 0) is 4.79 Å². The van der Waals surface area contributed by atoms with Crippen molar-refractivity contribution in [3.8, 4) is 5.75 Å². The summed E-state index contributed by atoms with van der Waals surface area (Å²) in [6.07, 6.45) is 4.77. The molecule has 1 amide bonds. The van der Waals surface area contributed by atoms with Gasteiger partial charge in [0, 0.05) is 11.6 Å². The first kappa shape index (κ1) is 15.8. The Morgan fingerprint density at radius 2 is 2.17 bits per heavy atom. The third kappa shape index (κ3) is 3.00. The van der Waals surface area contributed by atoms with Crippen molar-refractivity contribution in [2.75, 3.05) is 13.2 Å². The van der Waals surface area contributed by atoms with Crippen molar-refractivity contribution in [1.82, 2.24) is 15.0 Å². The molecule has 0 aromatic carbocycles. The Morgan fingerprint density at radius 3 is 2.83 bits per heavy atom. The predicted molar refractivity (Wildman–Crippen MR) is 81.8 cm³/mol. The molecule has 2 aromatic rings. The van der Waals surface area contributed by atoms with Gasteiger partial charge in [0.05, 0.1) is 6.20 Å². The Balaban J connectivity index is 2.08. The number of nitrogens with zero attached hydrogens (tertiary/aromatic N) is 2. The van der Waals surface area contributed by atoms with E-state index in [0.29, 0.717) is 12.5 Å². The average molecular weight is 333 g/mol. The maximum absolute atomic E-state index is 12.6. The van der Waals surface area contributed by atoms with Crippen LogP contribution in [0.15, 0.2) is 23.3 Å². The molecule has 1 aliphatic carbocycles. The molecule has 0 unspecified atom stereocenters. The number of fused-ring (bicyclic) bond motifs is 1. The van der Waals surface area contributed by atoms with E-state index in [1.807, 2.05) is 0 Å². The van der Waals surface area contributed by atoms with Crippen LogP contribution in [0, 0.1) is 5.92 Å². The van der Waals surface area contributed by atoms with Crippen molar-refractivity contribution in [1.29, 1.82) is 0 Å². The van der Waals surface area contributed by atoms with Crippen molar-refractivity contribution in [2.24, 2.45) is 5.92 Å². The van der Waals surface area contributed by atoms with Gasteiger partial charge in [0.15, 0.2) is 5.56 Å². The van der Waals surface area contributed by atoms with Crippen molar-refractivity contribution in [3.05, 3.63) is 34.4 Å². The molecule has 0 atom stereocenters. The average Bonchev–Trinajstić information content (AvgIpc) is 3.37. The normalized spacial score (nSPS) is 13.7. The van der Waals surface area contributed by atoms with Gasteiger partial charge in [0.25, 0.3) is 11.5 Å². The molecule has 1 aliphatic rings. The maximum atomic E-state index is 12.6. The van der Waals surface area contributed by atoms with Crippen LogP contribution in [0.5, 0.6) is 5.75 Å². The van der Waals surface area contributed by atoms with Gasteiger partial charge >= 0.3 is 5.97 Å². The van der Waals surface area contributed by atoms with Gasteiger partial charge in [-0.2, -0.15) is 0 Å². The van der Waals surface area contributed by atoms with E-state index in [2.05, 4.69) is 10.3 Å². The van der Waals surface area contributed by atoms with E-state index in [-0.39, 0.29) is 10.9 Å². The standard InChI is InChI=1S/C15H15N3O6/c19-11(20)6-17-14(22)12-13(21)9-3-4-16-5-10(9)18(15(12)23)24-7-8-1-2-8/h3-5,8,21H,1-2,6-7H2,(H,17,22)(H,19,20). The molecular formula is C15H15N3O6. The number of aliphatic carboxylic acids is 1. The molecule has 0 saturated heterocycles. The van der Waals surface area contributed by atoms with Crippen LogP contribution in [0.2, 0.25) is 0 Å². The fourth-order valence-electron chi connectivity index (χ4n) is 2.24. The van der Waals surface area contributed by atoms with E-state index in [0.717, 1.165) is 17.6 Å². The number of nitrogens with one attached hydrogen (secondary N) is 1. The van der Waals surface area contributed by atoms with Gasteiger partial charge in [-0.05, 0) is 24.8 Å². The second kappa shape index (κ2) is 6.19. The number of hydrogen-bond acceptors (Lipinski definition) is 6. The van der Waals surface area contributed by atoms with Gasteiger partial charge < -0.3 is 20.4 Å². The van der Waals surface area contributed by atoms with Crippen molar-refractivity contribution < 1.29 is 24.6 Å².